The Bertz CT molecular complexity index is 4350. The zero-order chi connectivity index (χ0) is 69.6. The summed E-state index contributed by atoms with van der Waals surface area (Å²) in [5.74, 6) is -4.55. The Morgan fingerprint density at radius 1 is 0.688 bits per heavy atom. The fraction of sp³-hybridized carbons (Fsp3) is 0.456. The van der Waals surface area contributed by atoms with E-state index in [-0.39, 0.29) is 116 Å². The quantitative estimate of drug-likeness (QED) is 0.0184. The van der Waals surface area contributed by atoms with Gasteiger partial charge in [-0.05, 0) is 53.4 Å². The summed E-state index contributed by atoms with van der Waals surface area (Å²) in [7, 11) is -16.6. The van der Waals surface area contributed by atoms with Gasteiger partial charge in [0, 0.05) is 73.1 Å². The number of carboxylic acid groups (broad SMARTS) is 3. The van der Waals surface area contributed by atoms with E-state index in [0.717, 1.165) is 29.0 Å². The van der Waals surface area contributed by atoms with Crippen LogP contribution in [0.25, 0.3) is 35.5 Å². The molecule has 0 spiro atoms. The molecule has 13 N–H and O–H groups in total. The fourth-order valence-corrected chi connectivity index (χ4v) is 14.1. The summed E-state index contributed by atoms with van der Waals surface area (Å²) in [6, 6.07) is 0. The van der Waals surface area contributed by atoms with Crippen molar-refractivity contribution in [1.82, 2.24) is 50.1 Å². The van der Waals surface area contributed by atoms with E-state index >= 15 is 0 Å². The number of aliphatic hydroxyl groups is 2. The van der Waals surface area contributed by atoms with Crippen molar-refractivity contribution in [3.63, 3.8) is 0 Å². The molecule has 39 heteroatoms. The van der Waals surface area contributed by atoms with Crippen molar-refractivity contribution < 1.29 is 127 Å². The Hall–Kier alpha value is -6.92. The predicted octanol–water partition coefficient (Wildman–Crippen LogP) is -0.962. The van der Waals surface area contributed by atoms with E-state index in [0.29, 0.717) is 88.7 Å². The Morgan fingerprint density at radius 2 is 1.20 bits per heavy atom. The maximum atomic E-state index is 13.5. The Morgan fingerprint density at radius 3 is 1.73 bits per heavy atom. The normalized spacial score (nSPS) is 18.9. The van der Waals surface area contributed by atoms with Gasteiger partial charge in [0.25, 0.3) is 0 Å². The number of fused-ring (bicyclic) bond motifs is 9. The number of imidazole rings is 1. The molecule has 1 fully saturated rings. The van der Waals surface area contributed by atoms with Crippen LogP contribution in [0.5, 0.6) is 0 Å². The molecule has 7 unspecified atom stereocenters. The molecule has 2 amide bonds. The van der Waals surface area contributed by atoms with E-state index in [9.17, 15) is 87.6 Å². The maximum absolute atomic E-state index is 13.5. The summed E-state index contributed by atoms with van der Waals surface area (Å²) in [5, 5.41) is 57.6. The van der Waals surface area contributed by atoms with Gasteiger partial charge in [-0.3, -0.25) is 46.9 Å². The molecule has 525 valence electrons. The van der Waals surface area contributed by atoms with Crippen LogP contribution in [0.3, 0.4) is 0 Å². The van der Waals surface area contributed by atoms with Crippen molar-refractivity contribution in [3.8, 4) is 0 Å². The number of phosphoric ester groups is 3. The van der Waals surface area contributed by atoms with Crippen molar-refractivity contribution in [2.24, 2.45) is 5.41 Å². The molecule has 0 aliphatic carbocycles. The minimum atomic E-state index is -5.66. The van der Waals surface area contributed by atoms with E-state index in [4.69, 9.17) is 39.5 Å². The second-order valence-electron chi connectivity index (χ2n) is 23.0. The second-order valence-corrected chi connectivity index (χ2v) is 28.4. The van der Waals surface area contributed by atoms with Gasteiger partial charge in [-0.15, -0.1) is 44.2 Å². The summed E-state index contributed by atoms with van der Waals surface area (Å²) in [4.78, 5) is 146. The van der Waals surface area contributed by atoms with Gasteiger partial charge in [-0.2, -0.15) is 4.31 Å². The molecule has 6 aromatic rings. The number of aromatic nitrogens is 8. The van der Waals surface area contributed by atoms with Crippen LogP contribution in [0, 0.1) is 33.1 Å². The minimum Gasteiger partial charge on any atom is -0.657 e. The van der Waals surface area contributed by atoms with Gasteiger partial charge in [0.15, 0.2) is 22.8 Å². The first kappa shape index (κ1) is 76.4. The maximum Gasteiger partial charge on any atom is 0.481 e. The Kier molecular flexibility index (Phi) is 25.3. The molecule has 2 aliphatic rings. The van der Waals surface area contributed by atoms with Gasteiger partial charge in [0.1, 0.15) is 36.3 Å². The minimum absolute atomic E-state index is 0. The summed E-state index contributed by atoms with van der Waals surface area (Å²) in [5.41, 5.74) is 11.5. The summed E-state index contributed by atoms with van der Waals surface area (Å²) >= 11 is 0.958. The molecule has 1 radical (unpaired) electrons. The monoisotopic (exact) mass is 1460 g/mol. The number of hydrogen-bond donors (Lipinski definition) is 12. The van der Waals surface area contributed by atoms with E-state index in [2.05, 4.69) is 34.4 Å². The molecule has 2 aliphatic heterocycles. The topological polar surface area (TPSA) is 532 Å². The number of nitrogens with one attached hydrogen (secondary N) is 2. The van der Waals surface area contributed by atoms with Crippen LogP contribution < -0.4 is 57.7 Å². The van der Waals surface area contributed by atoms with Crippen LogP contribution in [-0.4, -0.2) is 156 Å². The molecule has 8 bridgehead atoms. The number of rotatable bonds is 31. The largest absolute Gasteiger partial charge is 0.657 e. The van der Waals surface area contributed by atoms with Gasteiger partial charge >= 0.3 is 41.4 Å². The second kappa shape index (κ2) is 31.7. The Labute approximate surface area is 560 Å². The van der Waals surface area contributed by atoms with Crippen LogP contribution in [0.2, 0.25) is 0 Å². The van der Waals surface area contributed by atoms with Gasteiger partial charge in [-0.25, -0.2) is 28.6 Å². The summed E-state index contributed by atoms with van der Waals surface area (Å²) < 4.78 is 63.0. The first-order valence-corrected chi connectivity index (χ1v) is 34.8. The summed E-state index contributed by atoms with van der Waals surface area (Å²) in [6.45, 7) is 7.33. The molecule has 1 saturated heterocycles. The molecule has 0 aromatic carbocycles. The van der Waals surface area contributed by atoms with E-state index in [1.807, 2.05) is 27.7 Å². The number of hydrogen-bond acceptors (Lipinski definition) is 21. The molecular weight excluding hydrogens is 1390 g/mol. The molecular formula is C57H70CoN11O23P3S-4. The molecule has 6 aromatic heterocycles. The molecule has 0 saturated carbocycles. The zero-order valence-corrected chi connectivity index (χ0v) is 56.8. The number of thioether (sulfide) groups is 1. The molecule has 96 heavy (non-hydrogen) atoms. The Balaban J connectivity index is 0.0000130. The molecule has 7 atom stereocenters. The number of carbonyl (C=O) groups excluding carboxylic acids is 3. The van der Waals surface area contributed by atoms with Crippen LogP contribution in [0.4, 0.5) is 5.82 Å². The zero-order valence-electron chi connectivity index (χ0n) is 52.2. The number of carboxylic acids is 3. The average Bonchev–Trinajstić information content (AvgIpc) is 1.63. The predicted molar refractivity (Wildman–Crippen MR) is 334 cm³/mol. The number of carbonyl (C=O) groups is 6. The van der Waals surface area contributed by atoms with E-state index < -0.39 is 102 Å². The number of amides is 2. The van der Waals surface area contributed by atoms with Crippen LogP contribution >= 0.6 is 35.2 Å². The van der Waals surface area contributed by atoms with Crippen molar-refractivity contribution in [3.05, 3.63) is 101 Å². The number of aliphatic hydroxyl groups excluding tert-OH is 2. The standard InChI is InChI=1S/C57H70N11O23P3S.Co/c1-27-31(7-11-45(70)71)39-19-36-28(2)32(8-12-46(72)73)41(65-36)21-38-30(4)34(42(67-38)22-37-29(3)33(9-13-47(74)75)40(66-37)20-35(27)64-39)10-14-48(76)95-18-17-59-44(69)15-16-60-55(79)52(78)57(5,6)24-88-94(85,86)91-93(83,84)87-23-43-51(90-92(80,81)82)50(77)56(89-43)68-26-63-49-53(58)61-25-62-54(49)68;/h19-22,25-26,43,50-52,56,77-78H,7-18,23-24H2,1-6H3,(H,59,69)(H,60,79)(H,70,71)(H,72,73)(H,74,75)(H,83,84)(H,85,86)(H2,58,61,62)(H2,80,81,82);/q-4;/b35-20?,36-19?,37-22?,38-21-,39-19-,40-20?,41-21?,42-22-;. The van der Waals surface area contributed by atoms with Gasteiger partial charge in [-0.1, -0.05) is 94.4 Å². The fourth-order valence-electron chi connectivity index (χ4n) is 10.6. The van der Waals surface area contributed by atoms with Crippen molar-refractivity contribution in [2.75, 3.05) is 37.8 Å². The molecule has 8 rings (SSSR count). The van der Waals surface area contributed by atoms with Crippen molar-refractivity contribution in [1.29, 1.82) is 0 Å². The molecule has 8 heterocycles. The van der Waals surface area contributed by atoms with Crippen molar-refractivity contribution >= 4 is 111 Å². The number of aliphatic carboxylic acids is 3. The van der Waals surface area contributed by atoms with Crippen LogP contribution in [0.1, 0.15) is 119 Å². The average molecular weight is 1460 g/mol. The first-order valence-electron chi connectivity index (χ1n) is 29.3. The third-order valence-electron chi connectivity index (χ3n) is 15.8. The smallest absolute Gasteiger partial charge is 0.481 e. The number of nitrogens with two attached hydrogens (primary N) is 1. The number of phosphoric acid groups is 3. The van der Waals surface area contributed by atoms with Gasteiger partial charge in [0.05, 0.1) is 19.5 Å². The van der Waals surface area contributed by atoms with Gasteiger partial charge < -0.3 is 86.1 Å². The van der Waals surface area contributed by atoms with Crippen LogP contribution in [-0.2, 0) is 108 Å². The first-order chi connectivity index (χ1) is 44.5. The number of ether oxygens (including phenoxy) is 1. The number of anilines is 1. The molecule has 34 nitrogen and oxygen atoms in total. The van der Waals surface area contributed by atoms with E-state index in [1.54, 1.807) is 24.3 Å². The number of nitrogens with zero attached hydrogens (tertiary/aromatic N) is 8. The van der Waals surface area contributed by atoms with Crippen LogP contribution in [0.15, 0.2) is 12.7 Å². The third kappa shape index (κ3) is 19.2. The summed E-state index contributed by atoms with van der Waals surface area (Å²) in [6.07, 6.45) is -0.280. The van der Waals surface area contributed by atoms with E-state index in [1.165, 1.54) is 13.8 Å². The SMILES string of the molecule is Cc1c2[n-]c(c1CCC(=O)O)C=c1[n-]/c(c(CCC(=O)O)c1C)=C\c1[n-]c(c(CCC(=O)O)c1C)/C=c1\[n-]/c(c(CCC(=O)SCCNC(=O)CCNC(=O)C(O)C(C)(C)COP(=O)(O)OP(=O)(O)OCC3OC(n4cnc5c(N)ncnc54)C(O)C3OP(=O)(O)O)c1C)=C\2.[Co]. The van der Waals surface area contributed by atoms with Crippen molar-refractivity contribution in [2.45, 2.75) is 130 Å². The third-order valence-corrected chi connectivity index (χ3v) is 19.8. The number of nitrogen functional groups attached to an aromatic ring is 1. The van der Waals surface area contributed by atoms with Gasteiger partial charge in [0.2, 0.25) is 11.8 Å².